The predicted molar refractivity (Wildman–Crippen MR) is 118 cm³/mol. The Balaban J connectivity index is 2.14. The number of aromatic hydroxyl groups is 2. The summed E-state index contributed by atoms with van der Waals surface area (Å²) in [5, 5.41) is 21.8. The molecule has 0 heterocycles. The van der Waals surface area contributed by atoms with Crippen molar-refractivity contribution in [2.24, 2.45) is 0 Å². The summed E-state index contributed by atoms with van der Waals surface area (Å²) >= 11 is 0. The van der Waals surface area contributed by atoms with E-state index in [4.69, 9.17) is 0 Å². The van der Waals surface area contributed by atoms with E-state index in [0.29, 0.717) is 23.3 Å². The molecule has 0 aliphatic carbocycles. The molecule has 0 spiro atoms. The van der Waals surface area contributed by atoms with E-state index in [2.05, 4.69) is 0 Å². The quantitative estimate of drug-likeness (QED) is 0.230. The lowest BCUT2D eigenvalue weighted by atomic mass is 9.64. The van der Waals surface area contributed by atoms with Gasteiger partial charge in [-0.2, -0.15) is 26.3 Å². The van der Waals surface area contributed by atoms with Gasteiger partial charge in [-0.25, -0.2) is 0 Å². The molecule has 0 aliphatic rings. The Morgan fingerprint density at radius 3 is 1.06 bits per heavy atom. The fourth-order valence-corrected chi connectivity index (χ4v) is 4.36. The molecular weight excluding hydrogens is 470 g/mol. The van der Waals surface area contributed by atoms with Crippen molar-refractivity contribution in [3.8, 4) is 11.5 Å². The smallest absolute Gasteiger partial charge is 0.416 e. The summed E-state index contributed by atoms with van der Waals surface area (Å²) in [6.45, 7) is 0. The maximum Gasteiger partial charge on any atom is 0.416 e. The first-order valence-corrected chi connectivity index (χ1v) is 10.4. The molecule has 0 fully saturated rings. The maximum atomic E-state index is 13.3. The maximum absolute atomic E-state index is 13.3. The lowest BCUT2D eigenvalue weighted by molar-refractivity contribution is -0.138. The van der Waals surface area contributed by atoms with Crippen LogP contribution in [-0.4, -0.2) is 10.2 Å². The lowest BCUT2D eigenvalue weighted by Crippen LogP contribution is -2.31. The first kappa shape index (κ1) is 24.2. The van der Waals surface area contributed by atoms with Crippen molar-refractivity contribution < 1.29 is 36.6 Å². The number of hydrogen-bond acceptors (Lipinski definition) is 2. The Morgan fingerprint density at radius 1 is 0.429 bits per heavy atom. The summed E-state index contributed by atoms with van der Waals surface area (Å²) < 4.78 is 80.0. The fourth-order valence-electron chi connectivity index (χ4n) is 4.36. The molecule has 180 valence electrons. The van der Waals surface area contributed by atoms with Crippen LogP contribution in [0.5, 0.6) is 11.5 Å². The molecule has 4 rings (SSSR count). The van der Waals surface area contributed by atoms with Crippen molar-refractivity contribution in [1.29, 1.82) is 0 Å². The molecule has 0 aliphatic heterocycles. The summed E-state index contributed by atoms with van der Waals surface area (Å²) in [6, 6.07) is 21.4. The van der Waals surface area contributed by atoms with Crippen molar-refractivity contribution in [2.45, 2.75) is 17.8 Å². The second-order valence-electron chi connectivity index (χ2n) is 7.94. The number of hydrogen-bond donors (Lipinski definition) is 2. The van der Waals surface area contributed by atoms with Crippen molar-refractivity contribution in [2.75, 3.05) is 0 Å². The molecule has 0 radical (unpaired) electrons. The van der Waals surface area contributed by atoms with Crippen LogP contribution in [0.2, 0.25) is 0 Å². The van der Waals surface area contributed by atoms with E-state index in [-0.39, 0.29) is 11.1 Å². The van der Waals surface area contributed by atoms with E-state index in [1.54, 1.807) is 60.7 Å². The molecule has 0 saturated carbocycles. The van der Waals surface area contributed by atoms with Crippen LogP contribution in [0.15, 0.2) is 97.1 Å². The van der Waals surface area contributed by atoms with E-state index in [9.17, 15) is 36.6 Å². The Bertz CT molecular complexity index is 1220. The third kappa shape index (κ3) is 4.32. The molecule has 0 saturated heterocycles. The van der Waals surface area contributed by atoms with Crippen LogP contribution in [0.25, 0.3) is 0 Å². The van der Waals surface area contributed by atoms with Crippen LogP contribution in [0.3, 0.4) is 0 Å². The van der Waals surface area contributed by atoms with Gasteiger partial charge in [0.05, 0.1) is 16.5 Å². The van der Waals surface area contributed by atoms with Gasteiger partial charge in [0.15, 0.2) is 0 Å². The molecule has 8 heteroatoms. The Kier molecular flexibility index (Phi) is 6.00. The molecule has 2 N–H and O–H groups in total. The molecule has 0 atom stereocenters. The second kappa shape index (κ2) is 8.69. The van der Waals surface area contributed by atoms with E-state index >= 15 is 0 Å². The number of rotatable bonds is 4. The van der Waals surface area contributed by atoms with E-state index in [1.165, 1.54) is 0 Å². The van der Waals surface area contributed by atoms with Gasteiger partial charge in [0.2, 0.25) is 0 Å². The van der Waals surface area contributed by atoms with Crippen LogP contribution in [-0.2, 0) is 17.8 Å². The Morgan fingerprint density at radius 2 is 0.771 bits per heavy atom. The van der Waals surface area contributed by atoms with Crippen molar-refractivity contribution in [1.82, 2.24) is 0 Å². The molecule has 4 aromatic rings. The molecule has 35 heavy (non-hydrogen) atoms. The minimum Gasteiger partial charge on any atom is -0.508 e. The Hall–Kier alpha value is -3.94. The highest BCUT2D eigenvalue weighted by Gasteiger charge is 2.44. The molecule has 0 unspecified atom stereocenters. The lowest BCUT2D eigenvalue weighted by Gasteiger charge is -2.37. The summed E-state index contributed by atoms with van der Waals surface area (Å²) in [5.41, 5.74) is -3.09. The van der Waals surface area contributed by atoms with E-state index in [1.807, 2.05) is 0 Å². The molecule has 2 nitrogen and oxygen atoms in total. The normalized spacial score (nSPS) is 12.5. The number of phenols is 2. The van der Waals surface area contributed by atoms with Crippen molar-refractivity contribution >= 4 is 0 Å². The average molecular weight is 488 g/mol. The minimum atomic E-state index is -4.73. The third-order valence-corrected chi connectivity index (χ3v) is 5.87. The predicted octanol–water partition coefficient (Wildman–Crippen LogP) is 7.52. The van der Waals surface area contributed by atoms with Gasteiger partial charge in [0.25, 0.3) is 0 Å². The number of benzene rings is 4. The third-order valence-electron chi connectivity index (χ3n) is 5.87. The summed E-state index contributed by atoms with van der Waals surface area (Å²) in [4.78, 5) is 0. The second-order valence-corrected chi connectivity index (χ2v) is 7.94. The van der Waals surface area contributed by atoms with Gasteiger partial charge in [-0.3, -0.25) is 0 Å². The van der Waals surface area contributed by atoms with Gasteiger partial charge < -0.3 is 10.2 Å². The number of phenolic OH excluding ortho intramolecular Hbond substituents is 2. The van der Waals surface area contributed by atoms with Gasteiger partial charge in [-0.1, -0.05) is 72.8 Å². The van der Waals surface area contributed by atoms with Crippen molar-refractivity contribution in [3.05, 3.63) is 130 Å². The van der Waals surface area contributed by atoms with E-state index < -0.39 is 40.4 Å². The highest BCUT2D eigenvalue weighted by molar-refractivity contribution is 5.66. The largest absolute Gasteiger partial charge is 0.508 e. The fraction of sp³-hybridized carbons (Fsp3) is 0.111. The summed E-state index contributed by atoms with van der Waals surface area (Å²) in [7, 11) is 0. The molecule has 4 aromatic carbocycles. The van der Waals surface area contributed by atoms with Crippen molar-refractivity contribution in [3.63, 3.8) is 0 Å². The molecule has 0 aromatic heterocycles. The number of halogens is 6. The first-order chi connectivity index (χ1) is 16.5. The van der Waals surface area contributed by atoms with Gasteiger partial charge in [-0.05, 0) is 35.4 Å². The van der Waals surface area contributed by atoms with E-state index in [0.717, 1.165) is 24.3 Å². The van der Waals surface area contributed by atoms with Gasteiger partial charge in [-0.15, -0.1) is 0 Å². The Labute approximate surface area is 196 Å². The van der Waals surface area contributed by atoms with Crippen LogP contribution in [0.4, 0.5) is 26.3 Å². The number of alkyl halides is 6. The van der Waals surface area contributed by atoms with Gasteiger partial charge >= 0.3 is 12.4 Å². The van der Waals surface area contributed by atoms with Gasteiger partial charge in [0.1, 0.15) is 11.5 Å². The van der Waals surface area contributed by atoms with Gasteiger partial charge in [0, 0.05) is 11.1 Å². The summed E-state index contributed by atoms with van der Waals surface area (Å²) in [5.74, 6) is -1.46. The molecule has 0 amide bonds. The van der Waals surface area contributed by atoms with Crippen LogP contribution in [0.1, 0.15) is 33.4 Å². The zero-order valence-corrected chi connectivity index (χ0v) is 17.9. The molecule has 0 bridgehead atoms. The first-order valence-electron chi connectivity index (χ1n) is 10.4. The summed E-state index contributed by atoms with van der Waals surface area (Å²) in [6.07, 6.45) is -9.46. The zero-order chi connectivity index (χ0) is 25.4. The molecular formula is C27H18F6O2. The minimum absolute atomic E-state index is 0.0436. The van der Waals surface area contributed by atoms with Crippen LogP contribution >= 0.6 is 0 Å². The topological polar surface area (TPSA) is 40.5 Å². The van der Waals surface area contributed by atoms with Crippen LogP contribution in [0, 0.1) is 0 Å². The monoisotopic (exact) mass is 488 g/mol. The highest BCUT2D eigenvalue weighted by atomic mass is 19.4. The zero-order valence-electron chi connectivity index (χ0n) is 17.9. The average Bonchev–Trinajstić information content (AvgIpc) is 2.81. The highest BCUT2D eigenvalue weighted by Crippen LogP contribution is 2.52. The SMILES string of the molecule is Oc1cc(C(F)(F)F)ccc1C(c1ccccc1)(c1ccccc1)c1ccc(C(F)(F)F)cc1O. The van der Waals surface area contributed by atoms with Crippen LogP contribution < -0.4 is 0 Å². The standard InChI is InChI=1S/C27H18F6O2/c28-26(29,30)19-11-13-21(23(34)15-19)25(17-7-3-1-4-8-17,18-9-5-2-6-10-18)22-14-12-20(16-24(22)35)27(31,32)33/h1-16,34-35H.